The maximum Gasteiger partial charge on any atom is 0.330 e. The summed E-state index contributed by atoms with van der Waals surface area (Å²) in [6.07, 6.45) is -16.7. The molecule has 10 atom stereocenters. The molecule has 3 aromatic carbocycles. The van der Waals surface area contributed by atoms with Gasteiger partial charge in [0.25, 0.3) is 0 Å². The van der Waals surface area contributed by atoms with Crippen molar-refractivity contribution in [1.82, 2.24) is 0 Å². The van der Waals surface area contributed by atoms with Crippen LogP contribution in [0, 0.1) is 0 Å². The lowest BCUT2D eigenvalue weighted by Crippen LogP contribution is -2.65. The van der Waals surface area contributed by atoms with Crippen LogP contribution in [0.15, 0.2) is 63.8 Å². The third kappa shape index (κ3) is 8.39. The summed E-state index contributed by atoms with van der Waals surface area (Å²) in [5.41, 5.74) is -1.17. The van der Waals surface area contributed by atoms with E-state index in [4.69, 9.17) is 32.8 Å². The molecule has 0 aliphatic carbocycles. The number of methoxy groups -OCH3 is 1. The van der Waals surface area contributed by atoms with E-state index in [0.29, 0.717) is 5.56 Å². The highest BCUT2D eigenvalue weighted by atomic mass is 16.8. The number of carbonyl (C=O) groups is 1. The Balaban J connectivity index is 1.29. The number of fused-ring (bicyclic) bond motifs is 1. The number of hydrogen-bond donors (Lipinski definition) is 11. The van der Waals surface area contributed by atoms with E-state index in [1.54, 1.807) is 0 Å². The van der Waals surface area contributed by atoms with Crippen LogP contribution in [0.2, 0.25) is 0 Å². The second-order valence-corrected chi connectivity index (χ2v) is 13.0. The maximum absolute atomic E-state index is 14.0. The number of esters is 1. The maximum atomic E-state index is 14.0. The molecule has 1 aromatic heterocycles. The summed E-state index contributed by atoms with van der Waals surface area (Å²) in [6, 6.07) is 9.18. The molecule has 3 heterocycles. The van der Waals surface area contributed by atoms with Crippen molar-refractivity contribution in [3.63, 3.8) is 0 Å². The minimum Gasteiger partial charge on any atom is -0.508 e. The Labute approximate surface area is 320 Å². The number of carbonyl (C=O) groups excluding carboxylic acids is 1. The van der Waals surface area contributed by atoms with Gasteiger partial charge in [-0.05, 0) is 36.4 Å². The van der Waals surface area contributed by atoms with E-state index in [2.05, 4.69) is 0 Å². The zero-order valence-corrected chi connectivity index (χ0v) is 29.6. The summed E-state index contributed by atoms with van der Waals surface area (Å²) in [5, 5.41) is 114. The van der Waals surface area contributed by atoms with Crippen molar-refractivity contribution in [3.8, 4) is 51.6 Å². The molecule has 2 fully saturated rings. The Morgan fingerprint density at radius 1 is 0.772 bits per heavy atom. The van der Waals surface area contributed by atoms with Crippen LogP contribution < -0.4 is 14.9 Å². The van der Waals surface area contributed by atoms with E-state index in [9.17, 15) is 65.8 Å². The van der Waals surface area contributed by atoms with Gasteiger partial charge < -0.3 is 89.0 Å². The summed E-state index contributed by atoms with van der Waals surface area (Å²) >= 11 is 0. The minimum atomic E-state index is -2.07. The first kappa shape index (κ1) is 41.0. The summed E-state index contributed by atoms with van der Waals surface area (Å²) < 4.78 is 39.2. The summed E-state index contributed by atoms with van der Waals surface area (Å²) in [7, 11) is 1.35. The molecular weight excluding hydrogens is 764 g/mol. The zero-order valence-electron chi connectivity index (χ0n) is 29.6. The first-order valence-corrected chi connectivity index (χ1v) is 17.0. The smallest absolute Gasteiger partial charge is 0.330 e. The molecule has 6 rings (SSSR count). The highest BCUT2D eigenvalue weighted by molar-refractivity contribution is 5.89. The Hall–Kier alpha value is -5.68. The number of rotatable bonds is 11. The standard InChI is InChI=1S/C37H38O20/c1-51-21-10-16(39)5-2-14(21)4-7-25(44)52-13-24-28(46)30(48)32(50)36(55-24)57-35-31(49)27(45)23(12-38)54-37(35)56-34-29(47)26-20(43)9-17(40)11-22(26)53-33(34)15-3-6-18(41)19(42)8-15/h2-11,23-24,27-28,30-32,35-43,45-46,48-50H,12-13H2,1H3/t23-,24-,27-,28-,30+,31+,32-,35-,36+,37+/m1/s1. The largest absolute Gasteiger partial charge is 0.508 e. The van der Waals surface area contributed by atoms with Gasteiger partial charge >= 0.3 is 5.97 Å². The van der Waals surface area contributed by atoms with Crippen LogP contribution in [0.3, 0.4) is 0 Å². The zero-order chi connectivity index (χ0) is 41.3. The average molecular weight is 803 g/mol. The highest BCUT2D eigenvalue weighted by Gasteiger charge is 2.52. The summed E-state index contributed by atoms with van der Waals surface area (Å²) in [4.78, 5) is 26.5. The number of phenolic OH excluding ortho intramolecular Hbond substituents is 5. The SMILES string of the molecule is COc1cc(O)ccc1C=CC(=O)OC[C@H]1O[C@@H](O[C@H]2[C@H](Oc3c(-c4ccc(O)c(O)c4)oc4cc(O)cc(O)c4c3=O)O[C@H](CO)[C@@H](O)[C@@H]2O)[C@H](O)[C@@H](O)[C@@H]1O. The number of aliphatic hydroxyl groups is 6. The monoisotopic (exact) mass is 802 g/mol. The van der Waals surface area contributed by atoms with Crippen molar-refractivity contribution in [2.75, 3.05) is 20.3 Å². The fourth-order valence-corrected chi connectivity index (χ4v) is 6.17. The Morgan fingerprint density at radius 3 is 2.19 bits per heavy atom. The van der Waals surface area contributed by atoms with Crippen molar-refractivity contribution in [2.45, 2.75) is 61.4 Å². The van der Waals surface area contributed by atoms with Crippen molar-refractivity contribution in [2.24, 2.45) is 0 Å². The average Bonchev–Trinajstić information content (AvgIpc) is 3.18. The fraction of sp³-hybridized carbons (Fsp3) is 0.351. The van der Waals surface area contributed by atoms with Crippen LogP contribution in [0.1, 0.15) is 5.56 Å². The van der Waals surface area contributed by atoms with Gasteiger partial charge in [-0.2, -0.15) is 0 Å². The van der Waals surface area contributed by atoms with E-state index in [-0.39, 0.29) is 22.6 Å². The van der Waals surface area contributed by atoms with Gasteiger partial charge in [0, 0.05) is 35.4 Å². The third-order valence-electron chi connectivity index (χ3n) is 9.18. The second-order valence-electron chi connectivity index (χ2n) is 13.0. The lowest BCUT2D eigenvalue weighted by atomic mass is 9.97. The first-order chi connectivity index (χ1) is 27.1. The van der Waals surface area contributed by atoms with Gasteiger partial charge in [0.1, 0.15) is 83.3 Å². The van der Waals surface area contributed by atoms with Crippen LogP contribution >= 0.6 is 0 Å². The molecule has 57 heavy (non-hydrogen) atoms. The van der Waals surface area contributed by atoms with Gasteiger partial charge in [0.15, 0.2) is 29.7 Å². The van der Waals surface area contributed by atoms with Gasteiger partial charge in [-0.25, -0.2) is 4.79 Å². The minimum absolute atomic E-state index is 0.0815. The lowest BCUT2D eigenvalue weighted by molar-refractivity contribution is -0.358. The molecule has 0 unspecified atom stereocenters. The van der Waals surface area contributed by atoms with Crippen molar-refractivity contribution < 1.29 is 93.8 Å². The quantitative estimate of drug-likeness (QED) is 0.0505. The molecule has 2 aliphatic rings. The molecule has 11 N–H and O–H groups in total. The van der Waals surface area contributed by atoms with Gasteiger partial charge in [-0.15, -0.1) is 0 Å². The number of benzene rings is 3. The normalized spacial score (nSPS) is 27.7. The van der Waals surface area contributed by atoms with Crippen LogP contribution in [-0.4, -0.2) is 144 Å². The Bertz CT molecular complexity index is 2180. The van der Waals surface area contributed by atoms with Crippen molar-refractivity contribution in [3.05, 3.63) is 70.4 Å². The van der Waals surface area contributed by atoms with Crippen LogP contribution in [0.5, 0.6) is 40.2 Å². The molecule has 2 saturated heterocycles. The predicted molar refractivity (Wildman–Crippen MR) is 189 cm³/mol. The van der Waals surface area contributed by atoms with E-state index >= 15 is 0 Å². The number of aromatic hydroxyl groups is 5. The van der Waals surface area contributed by atoms with E-state index in [1.807, 2.05) is 0 Å². The fourth-order valence-electron chi connectivity index (χ4n) is 6.17. The molecule has 0 saturated carbocycles. The van der Waals surface area contributed by atoms with E-state index in [0.717, 1.165) is 30.3 Å². The highest BCUT2D eigenvalue weighted by Crippen LogP contribution is 2.40. The van der Waals surface area contributed by atoms with Crippen LogP contribution in [0.25, 0.3) is 28.4 Å². The van der Waals surface area contributed by atoms with Gasteiger partial charge in [-0.1, -0.05) is 0 Å². The third-order valence-corrected chi connectivity index (χ3v) is 9.18. The van der Waals surface area contributed by atoms with Crippen LogP contribution in [-0.2, 0) is 23.7 Å². The number of hydrogen-bond acceptors (Lipinski definition) is 20. The van der Waals surface area contributed by atoms with Gasteiger partial charge in [0.05, 0.1) is 13.7 Å². The van der Waals surface area contributed by atoms with Crippen molar-refractivity contribution in [1.29, 1.82) is 0 Å². The summed E-state index contributed by atoms with van der Waals surface area (Å²) in [6.45, 7) is -1.63. The molecule has 306 valence electrons. The van der Waals surface area contributed by atoms with Crippen molar-refractivity contribution >= 4 is 23.0 Å². The van der Waals surface area contributed by atoms with Gasteiger partial charge in [0.2, 0.25) is 17.5 Å². The number of ether oxygens (including phenoxy) is 6. The summed E-state index contributed by atoms with van der Waals surface area (Å²) in [5.74, 6) is -4.52. The van der Waals surface area contributed by atoms with Crippen LogP contribution in [0.4, 0.5) is 0 Å². The molecule has 0 spiro atoms. The van der Waals surface area contributed by atoms with E-state index < -0.39 is 126 Å². The molecule has 0 amide bonds. The van der Waals surface area contributed by atoms with Gasteiger partial charge in [-0.3, -0.25) is 4.79 Å². The lowest BCUT2D eigenvalue weighted by Gasteiger charge is -2.45. The second kappa shape index (κ2) is 16.8. The Morgan fingerprint density at radius 2 is 1.49 bits per heavy atom. The van der Waals surface area contributed by atoms with E-state index in [1.165, 1.54) is 37.5 Å². The molecule has 20 heteroatoms. The molecule has 0 bridgehead atoms. The molecular formula is C37H38O20. The molecule has 20 nitrogen and oxygen atoms in total. The number of aliphatic hydroxyl groups excluding tert-OH is 6. The Kier molecular flexibility index (Phi) is 12.1. The topological polar surface area (TPSA) is 325 Å². The predicted octanol–water partition coefficient (Wildman–Crippen LogP) is -0.736. The molecule has 4 aromatic rings. The number of phenols is 5. The molecule has 2 aliphatic heterocycles. The first-order valence-electron chi connectivity index (χ1n) is 17.0. The molecule has 0 radical (unpaired) electrons.